The molecule has 0 saturated carbocycles. The summed E-state index contributed by atoms with van der Waals surface area (Å²) in [5.41, 5.74) is 6.45. The molecule has 33 heavy (non-hydrogen) atoms. The Labute approximate surface area is 205 Å². The summed E-state index contributed by atoms with van der Waals surface area (Å²) in [4.78, 5) is 12.4. The van der Waals surface area contributed by atoms with Gasteiger partial charge in [-0.05, 0) is 59.5 Å². The number of fused-ring (bicyclic) bond motifs is 1. The van der Waals surface area contributed by atoms with Crippen molar-refractivity contribution in [2.24, 2.45) is 0 Å². The van der Waals surface area contributed by atoms with Crippen LogP contribution in [0.5, 0.6) is 0 Å². The van der Waals surface area contributed by atoms with Crippen LogP contribution in [-0.4, -0.2) is 20.1 Å². The second-order valence-corrected chi connectivity index (χ2v) is 8.93. The quantitative estimate of drug-likeness (QED) is 0.251. The Morgan fingerprint density at radius 2 is 1.64 bits per heavy atom. The van der Waals surface area contributed by atoms with Crippen LogP contribution < -0.4 is 0 Å². The number of aromatic amines is 1. The molecule has 0 atom stereocenters. The fourth-order valence-electron chi connectivity index (χ4n) is 4.18. The zero-order valence-corrected chi connectivity index (χ0v) is 19.8. The van der Waals surface area contributed by atoms with E-state index in [0.29, 0.717) is 20.7 Å². The molecular formula is C26H18Cl3N3O. The highest BCUT2D eigenvalue weighted by molar-refractivity contribution is 6.34. The lowest BCUT2D eigenvalue weighted by molar-refractivity contribution is 0.282. The molecule has 2 N–H and O–H groups in total. The molecule has 0 unspecified atom stereocenters. The summed E-state index contributed by atoms with van der Waals surface area (Å²) in [6.45, 7) is 1.75. The van der Waals surface area contributed by atoms with Crippen LogP contribution >= 0.6 is 34.8 Å². The molecule has 0 bridgehead atoms. The van der Waals surface area contributed by atoms with Crippen LogP contribution in [0, 0.1) is 6.92 Å². The van der Waals surface area contributed by atoms with E-state index in [4.69, 9.17) is 39.8 Å². The molecule has 0 spiro atoms. The number of nitrogens with zero attached hydrogens (tertiary/aromatic N) is 2. The van der Waals surface area contributed by atoms with Gasteiger partial charge in [-0.15, -0.1) is 0 Å². The molecule has 7 heteroatoms. The number of aromatic nitrogens is 3. The lowest BCUT2D eigenvalue weighted by Crippen LogP contribution is -1.99. The summed E-state index contributed by atoms with van der Waals surface area (Å²) >= 11 is 19.3. The first-order valence-corrected chi connectivity index (χ1v) is 11.4. The van der Waals surface area contributed by atoms with E-state index in [1.54, 1.807) is 6.20 Å². The summed E-state index contributed by atoms with van der Waals surface area (Å²) in [6.07, 6.45) is 1.75. The topological polar surface area (TPSA) is 61.8 Å². The maximum absolute atomic E-state index is 10.2. The van der Waals surface area contributed by atoms with Crippen molar-refractivity contribution in [3.05, 3.63) is 93.4 Å². The predicted octanol–water partition coefficient (Wildman–Crippen LogP) is 7.72. The molecule has 0 saturated heterocycles. The molecule has 0 aliphatic carbocycles. The first-order valence-electron chi connectivity index (χ1n) is 10.3. The van der Waals surface area contributed by atoms with E-state index in [9.17, 15) is 5.11 Å². The maximum atomic E-state index is 10.2. The van der Waals surface area contributed by atoms with Crippen molar-refractivity contribution in [1.29, 1.82) is 0 Å². The first kappa shape index (κ1) is 21.9. The highest BCUT2D eigenvalue weighted by atomic mass is 35.5. The van der Waals surface area contributed by atoms with E-state index < -0.39 is 0 Å². The second kappa shape index (κ2) is 8.81. The van der Waals surface area contributed by atoms with Crippen LogP contribution in [0.15, 0.2) is 66.9 Å². The average molecular weight is 495 g/mol. The van der Waals surface area contributed by atoms with Crippen molar-refractivity contribution in [2.75, 3.05) is 0 Å². The number of halogens is 3. The minimum absolute atomic E-state index is 0.135. The third-order valence-corrected chi connectivity index (χ3v) is 6.34. The third kappa shape index (κ3) is 4.00. The summed E-state index contributed by atoms with van der Waals surface area (Å²) in [7, 11) is 0. The lowest BCUT2D eigenvalue weighted by atomic mass is 9.87. The number of hydrogen-bond acceptors (Lipinski definition) is 3. The smallest absolute Gasteiger partial charge is 0.139 e. The normalized spacial score (nSPS) is 11.3. The number of nitrogens with one attached hydrogen (secondary N) is 1. The molecular weight excluding hydrogens is 477 g/mol. The summed E-state index contributed by atoms with van der Waals surface area (Å²) in [5.74, 6) is 0.764. The summed E-state index contributed by atoms with van der Waals surface area (Å²) < 4.78 is 0. The van der Waals surface area contributed by atoms with E-state index in [-0.39, 0.29) is 6.61 Å². The Hall–Kier alpha value is -2.89. The predicted molar refractivity (Wildman–Crippen MR) is 136 cm³/mol. The van der Waals surface area contributed by atoms with Gasteiger partial charge in [0.2, 0.25) is 0 Å². The largest absolute Gasteiger partial charge is 0.392 e. The van der Waals surface area contributed by atoms with E-state index in [2.05, 4.69) is 9.97 Å². The van der Waals surface area contributed by atoms with Gasteiger partial charge in [-0.1, -0.05) is 65.1 Å². The molecule has 2 aromatic heterocycles. The molecule has 4 nitrogen and oxygen atoms in total. The standard InChI is InChI=1S/C26H18Cl3N3O/c1-14-30-12-21(31-14)25-23(16-3-2-4-19(28)11-16)24-20(32-26(25)29)10-7-17(13-33)22(24)15-5-8-18(27)9-6-15/h2-12,33H,13H2,1H3,(H,30,31). The highest BCUT2D eigenvalue weighted by Crippen LogP contribution is 2.46. The number of aliphatic hydroxyl groups excluding tert-OH is 1. The Kier molecular flexibility index (Phi) is 5.85. The molecule has 0 amide bonds. The number of pyridine rings is 1. The number of aliphatic hydroxyl groups is 1. The minimum atomic E-state index is -0.135. The number of H-pyrrole nitrogens is 1. The van der Waals surface area contributed by atoms with Gasteiger partial charge in [-0.3, -0.25) is 0 Å². The monoisotopic (exact) mass is 493 g/mol. The van der Waals surface area contributed by atoms with Gasteiger partial charge >= 0.3 is 0 Å². The summed E-state index contributed by atoms with van der Waals surface area (Å²) in [6, 6.07) is 18.9. The Bertz CT molecular complexity index is 1490. The highest BCUT2D eigenvalue weighted by Gasteiger charge is 2.23. The number of rotatable bonds is 4. The molecule has 0 aliphatic heterocycles. The lowest BCUT2D eigenvalue weighted by Gasteiger charge is -2.19. The van der Waals surface area contributed by atoms with E-state index in [0.717, 1.165) is 50.3 Å². The van der Waals surface area contributed by atoms with Gasteiger partial charge in [0.05, 0.1) is 24.0 Å². The molecule has 0 radical (unpaired) electrons. The number of imidazole rings is 1. The van der Waals surface area contributed by atoms with Crippen molar-refractivity contribution in [1.82, 2.24) is 15.0 Å². The average Bonchev–Trinajstić information content (AvgIpc) is 3.23. The molecule has 5 aromatic rings. The Morgan fingerprint density at radius 3 is 2.30 bits per heavy atom. The van der Waals surface area contributed by atoms with Crippen molar-refractivity contribution >= 4 is 45.7 Å². The molecule has 5 rings (SSSR count). The summed E-state index contributed by atoms with van der Waals surface area (Å²) in [5, 5.41) is 12.7. The van der Waals surface area contributed by atoms with Gasteiger partial charge < -0.3 is 10.1 Å². The van der Waals surface area contributed by atoms with Crippen molar-refractivity contribution in [2.45, 2.75) is 13.5 Å². The van der Waals surface area contributed by atoms with Gasteiger partial charge in [-0.2, -0.15) is 0 Å². The molecule has 2 heterocycles. The van der Waals surface area contributed by atoms with E-state index in [1.807, 2.05) is 67.6 Å². The minimum Gasteiger partial charge on any atom is -0.392 e. The number of hydrogen-bond donors (Lipinski definition) is 2. The second-order valence-electron chi connectivity index (χ2n) is 7.70. The van der Waals surface area contributed by atoms with Gasteiger partial charge in [0.15, 0.2) is 0 Å². The SMILES string of the molecule is Cc1ncc(-c2c(Cl)nc3ccc(CO)c(-c4ccc(Cl)cc4)c3c2-c2cccc(Cl)c2)[nH]1. The number of benzene rings is 3. The van der Waals surface area contributed by atoms with E-state index >= 15 is 0 Å². The van der Waals surface area contributed by atoms with Gasteiger partial charge in [0, 0.05) is 26.6 Å². The van der Waals surface area contributed by atoms with Crippen LogP contribution in [0.2, 0.25) is 15.2 Å². The van der Waals surface area contributed by atoms with Crippen LogP contribution in [-0.2, 0) is 6.61 Å². The van der Waals surface area contributed by atoms with Crippen LogP contribution in [0.3, 0.4) is 0 Å². The van der Waals surface area contributed by atoms with Crippen LogP contribution in [0.25, 0.3) is 44.4 Å². The number of aryl methyl sites for hydroxylation is 1. The zero-order chi connectivity index (χ0) is 23.1. The van der Waals surface area contributed by atoms with E-state index in [1.165, 1.54) is 0 Å². The zero-order valence-electron chi connectivity index (χ0n) is 17.5. The first-order chi connectivity index (χ1) is 16.0. The van der Waals surface area contributed by atoms with Crippen molar-refractivity contribution in [3.8, 4) is 33.5 Å². The maximum Gasteiger partial charge on any atom is 0.139 e. The van der Waals surface area contributed by atoms with Crippen LogP contribution in [0.4, 0.5) is 0 Å². The molecule has 0 aliphatic rings. The Balaban J connectivity index is 2.00. The van der Waals surface area contributed by atoms with Crippen LogP contribution in [0.1, 0.15) is 11.4 Å². The third-order valence-electron chi connectivity index (χ3n) is 5.58. The van der Waals surface area contributed by atoms with Crippen molar-refractivity contribution in [3.63, 3.8) is 0 Å². The molecule has 3 aromatic carbocycles. The van der Waals surface area contributed by atoms with Gasteiger partial charge in [-0.25, -0.2) is 9.97 Å². The van der Waals surface area contributed by atoms with Crippen molar-refractivity contribution < 1.29 is 5.11 Å². The molecule has 0 fully saturated rings. The van der Waals surface area contributed by atoms with Gasteiger partial charge in [0.25, 0.3) is 0 Å². The van der Waals surface area contributed by atoms with Gasteiger partial charge in [0.1, 0.15) is 11.0 Å². The molecule has 164 valence electrons. The Morgan fingerprint density at radius 1 is 0.848 bits per heavy atom. The fourth-order valence-corrected chi connectivity index (χ4v) is 4.78. The fraction of sp³-hybridized carbons (Fsp3) is 0.0769.